The van der Waals surface area contributed by atoms with E-state index in [0.29, 0.717) is 5.69 Å². The molecule has 0 saturated heterocycles. The van der Waals surface area contributed by atoms with Gasteiger partial charge in [0.25, 0.3) is 0 Å². The third-order valence-corrected chi connectivity index (χ3v) is 3.11. The Morgan fingerprint density at radius 1 is 1.39 bits per heavy atom. The van der Waals surface area contributed by atoms with Crippen LogP contribution in [0.1, 0.15) is 5.69 Å². The van der Waals surface area contributed by atoms with Gasteiger partial charge in [0.05, 0.1) is 15.2 Å². The average Bonchev–Trinajstić information content (AvgIpc) is 2.30. The zero-order valence-corrected chi connectivity index (χ0v) is 11.7. The number of aromatic nitrogens is 1. The molecule has 0 amide bonds. The lowest BCUT2D eigenvalue weighted by molar-refractivity contribution is 0.459. The molecule has 0 aliphatic heterocycles. The van der Waals surface area contributed by atoms with Crippen molar-refractivity contribution in [1.82, 2.24) is 4.98 Å². The topological polar surface area (TPSA) is 48.1 Å². The summed E-state index contributed by atoms with van der Waals surface area (Å²) in [7, 11) is 0. The van der Waals surface area contributed by atoms with E-state index in [1.807, 2.05) is 0 Å². The maximum atomic E-state index is 13.4. The molecule has 0 aliphatic rings. The Kier molecular flexibility index (Phi) is 3.73. The van der Waals surface area contributed by atoms with Crippen LogP contribution in [-0.2, 0) is 0 Å². The van der Waals surface area contributed by atoms with Crippen LogP contribution in [0.2, 0.25) is 5.02 Å². The van der Waals surface area contributed by atoms with Crippen LogP contribution in [0.5, 0.6) is 11.6 Å². The molecular formula is C12H9BrClFN2O. The highest BCUT2D eigenvalue weighted by molar-refractivity contribution is 9.10. The average molecular weight is 332 g/mol. The van der Waals surface area contributed by atoms with E-state index >= 15 is 0 Å². The normalized spacial score (nSPS) is 10.4. The summed E-state index contributed by atoms with van der Waals surface area (Å²) in [4.78, 5) is 4.12. The summed E-state index contributed by atoms with van der Waals surface area (Å²) < 4.78 is 19.1. The molecule has 18 heavy (non-hydrogen) atoms. The minimum atomic E-state index is -0.472. The van der Waals surface area contributed by atoms with Crippen LogP contribution >= 0.6 is 27.5 Å². The third-order valence-electron chi connectivity index (χ3n) is 2.21. The smallest absolute Gasteiger partial charge is 0.242 e. The van der Waals surface area contributed by atoms with E-state index in [9.17, 15) is 4.39 Å². The highest BCUT2D eigenvalue weighted by Gasteiger charge is 2.11. The molecule has 3 nitrogen and oxygen atoms in total. The zero-order valence-electron chi connectivity index (χ0n) is 9.38. The molecule has 0 saturated carbocycles. The van der Waals surface area contributed by atoms with E-state index in [1.165, 1.54) is 12.1 Å². The molecule has 94 valence electrons. The first-order chi connectivity index (χ1) is 8.47. The van der Waals surface area contributed by atoms with Crippen molar-refractivity contribution >= 4 is 33.2 Å². The maximum absolute atomic E-state index is 13.4. The molecule has 1 aromatic carbocycles. The molecule has 0 fully saturated rings. The SMILES string of the molecule is Cc1ccc(N)c(Oc2cc(F)c(Br)cc2Cl)n1. The number of aryl methyl sites for hydroxylation is 1. The van der Waals surface area contributed by atoms with Crippen LogP contribution in [0.3, 0.4) is 0 Å². The van der Waals surface area contributed by atoms with E-state index in [-0.39, 0.29) is 21.1 Å². The van der Waals surface area contributed by atoms with Gasteiger partial charge in [0.2, 0.25) is 5.88 Å². The molecule has 0 atom stereocenters. The zero-order chi connectivity index (χ0) is 13.3. The lowest BCUT2D eigenvalue weighted by atomic mass is 10.3. The molecule has 1 heterocycles. The predicted octanol–water partition coefficient (Wildman–Crippen LogP) is 4.32. The van der Waals surface area contributed by atoms with Crippen LogP contribution in [0.15, 0.2) is 28.7 Å². The number of benzene rings is 1. The van der Waals surface area contributed by atoms with Gasteiger partial charge in [0.15, 0.2) is 5.75 Å². The number of hydrogen-bond acceptors (Lipinski definition) is 3. The van der Waals surface area contributed by atoms with Crippen molar-refractivity contribution in [3.05, 3.63) is 45.3 Å². The fourth-order valence-corrected chi connectivity index (χ4v) is 1.99. The number of hydrogen-bond donors (Lipinski definition) is 1. The molecule has 0 radical (unpaired) electrons. The van der Waals surface area contributed by atoms with Gasteiger partial charge in [0, 0.05) is 11.8 Å². The van der Waals surface area contributed by atoms with Gasteiger partial charge in [-0.05, 0) is 41.1 Å². The Hall–Kier alpha value is -1.33. The molecule has 2 aromatic rings. The van der Waals surface area contributed by atoms with Crippen molar-refractivity contribution < 1.29 is 9.13 Å². The lowest BCUT2D eigenvalue weighted by Gasteiger charge is -2.10. The summed E-state index contributed by atoms with van der Waals surface area (Å²) >= 11 is 8.99. The number of pyridine rings is 1. The largest absolute Gasteiger partial charge is 0.435 e. The molecule has 0 aliphatic carbocycles. The van der Waals surface area contributed by atoms with Crippen molar-refractivity contribution in [3.8, 4) is 11.6 Å². The molecule has 0 bridgehead atoms. The van der Waals surface area contributed by atoms with Crippen molar-refractivity contribution in [2.24, 2.45) is 0 Å². The standard InChI is InChI=1S/C12H9BrClFN2O/c1-6-2-3-10(16)12(17-6)18-11-5-9(15)7(13)4-8(11)14/h2-5H,16H2,1H3. The first-order valence-electron chi connectivity index (χ1n) is 5.03. The molecule has 0 unspecified atom stereocenters. The van der Waals surface area contributed by atoms with Gasteiger partial charge in [-0.2, -0.15) is 0 Å². The lowest BCUT2D eigenvalue weighted by Crippen LogP contribution is -1.97. The van der Waals surface area contributed by atoms with Crippen LogP contribution in [0.4, 0.5) is 10.1 Å². The van der Waals surface area contributed by atoms with Gasteiger partial charge in [-0.3, -0.25) is 0 Å². The molecule has 2 N–H and O–H groups in total. The number of rotatable bonds is 2. The van der Waals surface area contributed by atoms with E-state index in [0.717, 1.165) is 5.69 Å². The predicted molar refractivity (Wildman–Crippen MR) is 72.6 cm³/mol. The van der Waals surface area contributed by atoms with Crippen LogP contribution < -0.4 is 10.5 Å². The third kappa shape index (κ3) is 2.73. The van der Waals surface area contributed by atoms with Gasteiger partial charge < -0.3 is 10.5 Å². The number of halogens is 3. The highest BCUT2D eigenvalue weighted by atomic mass is 79.9. The van der Waals surface area contributed by atoms with Crippen LogP contribution in [0.25, 0.3) is 0 Å². The molecule has 6 heteroatoms. The number of ether oxygens (including phenoxy) is 1. The van der Waals surface area contributed by atoms with Gasteiger partial charge in [-0.15, -0.1) is 0 Å². The summed E-state index contributed by atoms with van der Waals surface area (Å²) in [5.74, 6) is -0.0959. The van der Waals surface area contributed by atoms with Crippen molar-refractivity contribution in [3.63, 3.8) is 0 Å². The summed E-state index contributed by atoms with van der Waals surface area (Å²) in [6.07, 6.45) is 0. The Morgan fingerprint density at radius 3 is 2.83 bits per heavy atom. The van der Waals surface area contributed by atoms with E-state index in [4.69, 9.17) is 22.1 Å². The fraction of sp³-hybridized carbons (Fsp3) is 0.0833. The summed E-state index contributed by atoms with van der Waals surface area (Å²) in [5, 5.41) is 0.269. The Morgan fingerprint density at radius 2 is 2.11 bits per heavy atom. The Bertz CT molecular complexity index is 607. The molecule has 0 spiro atoms. The molecule has 2 rings (SSSR count). The summed E-state index contributed by atoms with van der Waals surface area (Å²) in [6, 6.07) is 6.01. The highest BCUT2D eigenvalue weighted by Crippen LogP contribution is 2.34. The summed E-state index contributed by atoms with van der Waals surface area (Å²) in [6.45, 7) is 1.80. The van der Waals surface area contributed by atoms with Gasteiger partial charge >= 0.3 is 0 Å². The fourth-order valence-electron chi connectivity index (χ4n) is 1.31. The summed E-state index contributed by atoms with van der Waals surface area (Å²) in [5.41, 5.74) is 6.83. The van der Waals surface area contributed by atoms with Gasteiger partial charge in [-0.25, -0.2) is 9.37 Å². The number of nitrogen functional groups attached to an aromatic ring is 1. The first-order valence-corrected chi connectivity index (χ1v) is 6.20. The van der Waals surface area contributed by atoms with Crippen molar-refractivity contribution in [2.75, 3.05) is 5.73 Å². The van der Waals surface area contributed by atoms with Crippen molar-refractivity contribution in [2.45, 2.75) is 6.92 Å². The quantitative estimate of drug-likeness (QED) is 0.834. The number of nitrogens with two attached hydrogens (primary N) is 1. The second-order valence-electron chi connectivity index (χ2n) is 3.65. The Labute approximate surface area is 117 Å². The number of anilines is 1. The van der Waals surface area contributed by atoms with Crippen molar-refractivity contribution in [1.29, 1.82) is 0 Å². The minimum absolute atomic E-state index is 0.169. The maximum Gasteiger partial charge on any atom is 0.242 e. The van der Waals surface area contributed by atoms with E-state index in [2.05, 4.69) is 20.9 Å². The first kappa shape index (κ1) is 13.1. The second-order valence-corrected chi connectivity index (χ2v) is 4.91. The second kappa shape index (κ2) is 5.12. The Balaban J connectivity index is 2.40. The van der Waals surface area contributed by atoms with Gasteiger partial charge in [-0.1, -0.05) is 11.6 Å². The molecular weight excluding hydrogens is 323 g/mol. The van der Waals surface area contributed by atoms with Gasteiger partial charge in [0.1, 0.15) is 5.82 Å². The van der Waals surface area contributed by atoms with E-state index in [1.54, 1.807) is 19.1 Å². The van der Waals surface area contributed by atoms with Crippen LogP contribution in [-0.4, -0.2) is 4.98 Å². The minimum Gasteiger partial charge on any atom is -0.435 e. The molecule has 1 aromatic heterocycles. The van der Waals surface area contributed by atoms with E-state index < -0.39 is 5.82 Å². The van der Waals surface area contributed by atoms with Crippen LogP contribution in [0, 0.1) is 12.7 Å². The monoisotopic (exact) mass is 330 g/mol. The number of nitrogens with zero attached hydrogens (tertiary/aromatic N) is 1.